The summed E-state index contributed by atoms with van der Waals surface area (Å²) in [5, 5.41) is 3.39. The third-order valence-electron chi connectivity index (χ3n) is 3.21. The highest BCUT2D eigenvalue weighted by Gasteiger charge is 1.92. The van der Waals surface area contributed by atoms with Crippen molar-refractivity contribution < 1.29 is 4.74 Å². The number of hydrogen-bond donors (Lipinski definition) is 1. The van der Waals surface area contributed by atoms with Crippen LogP contribution in [0.1, 0.15) is 78.1 Å². The first-order valence-electron chi connectivity index (χ1n) is 8.20. The summed E-state index contributed by atoms with van der Waals surface area (Å²) in [6.07, 6.45) is 13.4. The van der Waals surface area contributed by atoms with E-state index in [4.69, 9.17) is 4.74 Å². The fourth-order valence-corrected chi connectivity index (χ4v) is 2.04. The molecule has 110 valence electrons. The van der Waals surface area contributed by atoms with Crippen molar-refractivity contribution in [2.24, 2.45) is 0 Å². The van der Waals surface area contributed by atoms with Gasteiger partial charge >= 0.3 is 0 Å². The second-order valence-corrected chi connectivity index (χ2v) is 5.19. The maximum Gasteiger partial charge on any atom is 0.0478 e. The predicted molar refractivity (Wildman–Crippen MR) is 81.2 cm³/mol. The fourth-order valence-electron chi connectivity index (χ4n) is 2.04. The van der Waals surface area contributed by atoms with Gasteiger partial charge in [-0.05, 0) is 32.4 Å². The summed E-state index contributed by atoms with van der Waals surface area (Å²) in [6, 6.07) is 0. The number of unbranched alkanes of at least 4 members (excludes halogenated alkanes) is 7. The molecule has 0 aromatic carbocycles. The Morgan fingerprint density at radius 2 is 1.22 bits per heavy atom. The highest BCUT2D eigenvalue weighted by Crippen LogP contribution is 2.08. The van der Waals surface area contributed by atoms with E-state index in [2.05, 4.69) is 19.2 Å². The molecular formula is C16H35NO. The van der Waals surface area contributed by atoms with E-state index in [1.165, 1.54) is 57.8 Å². The van der Waals surface area contributed by atoms with Crippen LogP contribution >= 0.6 is 0 Å². The first-order chi connectivity index (χ1) is 8.91. The van der Waals surface area contributed by atoms with Crippen molar-refractivity contribution in [3.8, 4) is 0 Å². The van der Waals surface area contributed by atoms with Crippen molar-refractivity contribution in [1.29, 1.82) is 0 Å². The lowest BCUT2D eigenvalue weighted by Crippen LogP contribution is -2.17. The average Bonchev–Trinajstić information content (AvgIpc) is 2.39. The van der Waals surface area contributed by atoms with Gasteiger partial charge in [-0.1, -0.05) is 58.8 Å². The molecule has 18 heavy (non-hydrogen) atoms. The minimum atomic E-state index is 0.924. The molecule has 0 unspecified atom stereocenters. The molecule has 0 aromatic rings. The molecule has 2 nitrogen and oxygen atoms in total. The molecule has 0 spiro atoms. The van der Waals surface area contributed by atoms with E-state index in [-0.39, 0.29) is 0 Å². The van der Waals surface area contributed by atoms with Gasteiger partial charge in [0, 0.05) is 13.2 Å². The second kappa shape index (κ2) is 16.9. The Kier molecular flexibility index (Phi) is 16.8. The summed E-state index contributed by atoms with van der Waals surface area (Å²) in [5.74, 6) is 0. The topological polar surface area (TPSA) is 21.3 Å². The molecule has 0 saturated heterocycles. The van der Waals surface area contributed by atoms with Gasteiger partial charge in [0.15, 0.2) is 0 Å². The molecule has 0 saturated carbocycles. The summed E-state index contributed by atoms with van der Waals surface area (Å²) in [6.45, 7) is 8.60. The van der Waals surface area contributed by atoms with Crippen molar-refractivity contribution in [3.63, 3.8) is 0 Å². The number of ether oxygens (including phenoxy) is 1. The van der Waals surface area contributed by atoms with Gasteiger partial charge in [0.1, 0.15) is 0 Å². The highest BCUT2D eigenvalue weighted by atomic mass is 16.5. The van der Waals surface area contributed by atoms with E-state index in [1.807, 2.05) is 0 Å². The standard InChI is InChI=1S/C16H35NO/c1-3-5-6-7-8-9-10-11-15-18-16-12-14-17-13-4-2/h17H,3-16H2,1-2H3. The molecule has 0 amide bonds. The van der Waals surface area contributed by atoms with E-state index >= 15 is 0 Å². The third-order valence-corrected chi connectivity index (χ3v) is 3.21. The molecule has 2 heteroatoms. The van der Waals surface area contributed by atoms with Crippen LogP contribution in [-0.4, -0.2) is 26.3 Å². The van der Waals surface area contributed by atoms with Gasteiger partial charge in [-0.3, -0.25) is 0 Å². The van der Waals surface area contributed by atoms with E-state index in [0.29, 0.717) is 0 Å². The zero-order valence-electron chi connectivity index (χ0n) is 12.8. The summed E-state index contributed by atoms with van der Waals surface area (Å²) in [5.41, 5.74) is 0. The van der Waals surface area contributed by atoms with Crippen LogP contribution in [-0.2, 0) is 4.74 Å². The zero-order valence-corrected chi connectivity index (χ0v) is 12.8. The molecule has 0 fully saturated rings. The fraction of sp³-hybridized carbons (Fsp3) is 1.00. The van der Waals surface area contributed by atoms with Gasteiger partial charge in [-0.15, -0.1) is 0 Å². The summed E-state index contributed by atoms with van der Waals surface area (Å²) >= 11 is 0. The molecule has 0 aliphatic rings. The lowest BCUT2D eigenvalue weighted by molar-refractivity contribution is 0.127. The van der Waals surface area contributed by atoms with Crippen LogP contribution in [0.4, 0.5) is 0 Å². The van der Waals surface area contributed by atoms with Gasteiger partial charge < -0.3 is 10.1 Å². The van der Waals surface area contributed by atoms with Crippen molar-refractivity contribution in [1.82, 2.24) is 5.32 Å². The Bertz CT molecular complexity index is 123. The van der Waals surface area contributed by atoms with Crippen molar-refractivity contribution in [2.75, 3.05) is 26.3 Å². The first kappa shape index (κ1) is 17.9. The molecule has 0 aromatic heterocycles. The van der Waals surface area contributed by atoms with Crippen LogP contribution in [0.25, 0.3) is 0 Å². The summed E-state index contributed by atoms with van der Waals surface area (Å²) in [7, 11) is 0. The lowest BCUT2D eigenvalue weighted by atomic mass is 10.1. The molecule has 0 heterocycles. The molecule has 0 aliphatic carbocycles. The van der Waals surface area contributed by atoms with Gasteiger partial charge in [0.05, 0.1) is 0 Å². The lowest BCUT2D eigenvalue weighted by Gasteiger charge is -2.05. The number of rotatable bonds is 15. The van der Waals surface area contributed by atoms with Crippen LogP contribution in [0.2, 0.25) is 0 Å². The minimum absolute atomic E-state index is 0.924. The van der Waals surface area contributed by atoms with Crippen LogP contribution in [0.15, 0.2) is 0 Å². The molecule has 0 aliphatic heterocycles. The molecular weight excluding hydrogens is 222 g/mol. The van der Waals surface area contributed by atoms with E-state index < -0.39 is 0 Å². The van der Waals surface area contributed by atoms with Crippen LogP contribution < -0.4 is 5.32 Å². The molecule has 0 rings (SSSR count). The monoisotopic (exact) mass is 257 g/mol. The average molecular weight is 257 g/mol. The van der Waals surface area contributed by atoms with Gasteiger partial charge in [-0.2, -0.15) is 0 Å². The van der Waals surface area contributed by atoms with Gasteiger partial charge in [0.25, 0.3) is 0 Å². The smallest absolute Gasteiger partial charge is 0.0478 e. The Morgan fingerprint density at radius 1 is 0.611 bits per heavy atom. The SMILES string of the molecule is CCCCCCCCCCOCCCNCCC. The van der Waals surface area contributed by atoms with Crippen LogP contribution in [0.5, 0.6) is 0 Å². The largest absolute Gasteiger partial charge is 0.381 e. The Morgan fingerprint density at radius 3 is 1.89 bits per heavy atom. The van der Waals surface area contributed by atoms with Crippen molar-refractivity contribution in [2.45, 2.75) is 78.1 Å². The van der Waals surface area contributed by atoms with Crippen molar-refractivity contribution >= 4 is 0 Å². The zero-order chi connectivity index (χ0) is 13.3. The quantitative estimate of drug-likeness (QED) is 0.435. The summed E-state index contributed by atoms with van der Waals surface area (Å²) < 4.78 is 5.62. The number of hydrogen-bond acceptors (Lipinski definition) is 2. The minimum Gasteiger partial charge on any atom is -0.381 e. The van der Waals surface area contributed by atoms with Gasteiger partial charge in [-0.25, -0.2) is 0 Å². The van der Waals surface area contributed by atoms with Crippen LogP contribution in [0.3, 0.4) is 0 Å². The molecule has 0 bridgehead atoms. The Labute approximate surface area is 115 Å². The summed E-state index contributed by atoms with van der Waals surface area (Å²) in [4.78, 5) is 0. The van der Waals surface area contributed by atoms with Crippen molar-refractivity contribution in [3.05, 3.63) is 0 Å². The molecule has 0 radical (unpaired) electrons. The normalized spacial score (nSPS) is 11.0. The number of nitrogens with one attached hydrogen (secondary N) is 1. The molecule has 1 N–H and O–H groups in total. The highest BCUT2D eigenvalue weighted by molar-refractivity contribution is 4.47. The second-order valence-electron chi connectivity index (χ2n) is 5.19. The Balaban J connectivity index is 2.86. The van der Waals surface area contributed by atoms with E-state index in [9.17, 15) is 0 Å². The van der Waals surface area contributed by atoms with Gasteiger partial charge in [0.2, 0.25) is 0 Å². The third kappa shape index (κ3) is 15.9. The van der Waals surface area contributed by atoms with Crippen LogP contribution in [0, 0.1) is 0 Å². The maximum absolute atomic E-state index is 5.62. The van der Waals surface area contributed by atoms with E-state index in [0.717, 1.165) is 32.7 Å². The Hall–Kier alpha value is -0.0800. The maximum atomic E-state index is 5.62. The molecule has 0 atom stereocenters. The predicted octanol–water partition coefficient (Wildman–Crippen LogP) is 4.53. The van der Waals surface area contributed by atoms with E-state index in [1.54, 1.807) is 0 Å². The first-order valence-corrected chi connectivity index (χ1v) is 8.20.